The molecule has 1 aliphatic heterocycles. The summed E-state index contributed by atoms with van der Waals surface area (Å²) < 4.78 is 0. The van der Waals surface area contributed by atoms with Crippen LogP contribution in [0.25, 0.3) is 0 Å². The molecule has 0 spiro atoms. The van der Waals surface area contributed by atoms with Crippen LogP contribution in [0.3, 0.4) is 0 Å². The lowest BCUT2D eigenvalue weighted by Gasteiger charge is -2.35. The van der Waals surface area contributed by atoms with Gasteiger partial charge in [0.05, 0.1) is 5.41 Å². The number of amides is 1. The van der Waals surface area contributed by atoms with Gasteiger partial charge in [-0.3, -0.25) is 4.79 Å². The highest BCUT2D eigenvalue weighted by Gasteiger charge is 2.37. The number of hydrogen-bond donors (Lipinski definition) is 2. The summed E-state index contributed by atoms with van der Waals surface area (Å²) in [6, 6.07) is 7.99. The van der Waals surface area contributed by atoms with Crippen molar-refractivity contribution in [2.24, 2.45) is 5.41 Å². The highest BCUT2D eigenvalue weighted by molar-refractivity contribution is 5.95. The second-order valence-corrected chi connectivity index (χ2v) is 5.21. The predicted molar refractivity (Wildman–Crippen MR) is 74.6 cm³/mol. The molecule has 0 unspecified atom stereocenters. The number of rotatable bonds is 3. The number of piperidine rings is 1. The number of benzene rings is 1. The van der Waals surface area contributed by atoms with Gasteiger partial charge in [-0.1, -0.05) is 19.1 Å². The third kappa shape index (κ3) is 2.72. The summed E-state index contributed by atoms with van der Waals surface area (Å²) >= 11 is 0. The number of hydrogen-bond acceptors (Lipinski definition) is 2. The van der Waals surface area contributed by atoms with Crippen LogP contribution >= 0.6 is 0 Å². The zero-order valence-electron chi connectivity index (χ0n) is 11.3. The Morgan fingerprint density at radius 2 is 2.11 bits per heavy atom. The molecule has 2 rings (SSSR count). The van der Waals surface area contributed by atoms with Gasteiger partial charge in [0.2, 0.25) is 5.91 Å². The maximum absolute atomic E-state index is 12.5. The largest absolute Gasteiger partial charge is 0.326 e. The van der Waals surface area contributed by atoms with Crippen molar-refractivity contribution in [3.63, 3.8) is 0 Å². The molecule has 0 saturated carbocycles. The van der Waals surface area contributed by atoms with Crippen molar-refractivity contribution in [2.75, 3.05) is 18.4 Å². The fourth-order valence-electron chi connectivity index (χ4n) is 2.63. The molecule has 0 aliphatic carbocycles. The molecule has 0 radical (unpaired) electrons. The highest BCUT2D eigenvalue weighted by Crippen LogP contribution is 2.33. The Hall–Kier alpha value is -1.35. The van der Waals surface area contributed by atoms with Crippen molar-refractivity contribution in [1.29, 1.82) is 0 Å². The molecule has 1 fully saturated rings. The van der Waals surface area contributed by atoms with E-state index in [1.54, 1.807) is 0 Å². The Labute approximate surface area is 109 Å². The summed E-state index contributed by atoms with van der Waals surface area (Å²) in [5.74, 6) is 0.178. The van der Waals surface area contributed by atoms with Crippen LogP contribution in [0.1, 0.15) is 31.7 Å². The topological polar surface area (TPSA) is 41.1 Å². The van der Waals surface area contributed by atoms with Crippen LogP contribution in [0.2, 0.25) is 0 Å². The third-order valence-corrected chi connectivity index (χ3v) is 4.00. The van der Waals surface area contributed by atoms with E-state index >= 15 is 0 Å². The maximum atomic E-state index is 12.5. The minimum Gasteiger partial charge on any atom is -0.326 e. The van der Waals surface area contributed by atoms with Gasteiger partial charge in [-0.15, -0.1) is 0 Å². The van der Waals surface area contributed by atoms with Gasteiger partial charge in [-0.25, -0.2) is 0 Å². The molecule has 1 aromatic rings. The van der Waals surface area contributed by atoms with Gasteiger partial charge in [0.25, 0.3) is 0 Å². The van der Waals surface area contributed by atoms with E-state index in [1.807, 2.05) is 31.2 Å². The summed E-state index contributed by atoms with van der Waals surface area (Å²) in [6.07, 6.45) is 2.77. The van der Waals surface area contributed by atoms with E-state index in [2.05, 4.69) is 17.6 Å². The quantitative estimate of drug-likeness (QED) is 0.861. The molecule has 0 bridgehead atoms. The molecule has 18 heavy (non-hydrogen) atoms. The van der Waals surface area contributed by atoms with E-state index in [0.717, 1.165) is 38.0 Å². The molecule has 0 aromatic heterocycles. The third-order valence-electron chi connectivity index (χ3n) is 4.00. The first-order chi connectivity index (χ1) is 8.66. The van der Waals surface area contributed by atoms with E-state index in [4.69, 9.17) is 0 Å². The number of anilines is 1. The van der Waals surface area contributed by atoms with E-state index in [1.165, 1.54) is 5.56 Å². The molecule has 3 nitrogen and oxygen atoms in total. The average molecular weight is 246 g/mol. The van der Waals surface area contributed by atoms with E-state index < -0.39 is 0 Å². The molecular formula is C15H22N2O. The number of aryl methyl sites for hydroxylation is 1. The summed E-state index contributed by atoms with van der Waals surface area (Å²) in [6.45, 7) is 6.03. The Morgan fingerprint density at radius 1 is 1.39 bits per heavy atom. The minimum absolute atomic E-state index is 0.178. The zero-order chi connectivity index (χ0) is 13.0. The molecule has 2 N–H and O–H groups in total. The van der Waals surface area contributed by atoms with Crippen molar-refractivity contribution in [2.45, 2.75) is 33.1 Å². The molecule has 1 amide bonds. The molecule has 3 heteroatoms. The lowest BCUT2D eigenvalue weighted by atomic mass is 9.76. The SMILES string of the molecule is CCC1(C(=O)Nc2cccc(C)c2)CCNCC1. The molecule has 1 saturated heterocycles. The van der Waals surface area contributed by atoms with Gasteiger partial charge in [-0.2, -0.15) is 0 Å². The smallest absolute Gasteiger partial charge is 0.230 e. The van der Waals surface area contributed by atoms with Crippen molar-refractivity contribution in [3.8, 4) is 0 Å². The van der Waals surface area contributed by atoms with Crippen LogP contribution in [-0.2, 0) is 4.79 Å². The lowest BCUT2D eigenvalue weighted by Crippen LogP contribution is -2.44. The molecule has 1 aromatic carbocycles. The summed E-state index contributed by atoms with van der Waals surface area (Å²) in [5, 5.41) is 6.40. The summed E-state index contributed by atoms with van der Waals surface area (Å²) in [5.41, 5.74) is 1.89. The first-order valence-electron chi connectivity index (χ1n) is 6.75. The molecule has 1 heterocycles. The first-order valence-corrected chi connectivity index (χ1v) is 6.75. The average Bonchev–Trinajstić information content (AvgIpc) is 2.39. The van der Waals surface area contributed by atoms with Gasteiger partial charge >= 0.3 is 0 Å². The van der Waals surface area contributed by atoms with Crippen LogP contribution < -0.4 is 10.6 Å². The van der Waals surface area contributed by atoms with Crippen molar-refractivity contribution >= 4 is 11.6 Å². The van der Waals surface area contributed by atoms with E-state index in [-0.39, 0.29) is 11.3 Å². The van der Waals surface area contributed by atoms with Crippen molar-refractivity contribution < 1.29 is 4.79 Å². The molecule has 0 atom stereocenters. The van der Waals surface area contributed by atoms with Gasteiger partial charge < -0.3 is 10.6 Å². The number of carbonyl (C=O) groups is 1. The van der Waals surface area contributed by atoms with E-state index in [9.17, 15) is 4.79 Å². The standard InChI is InChI=1S/C15H22N2O/c1-3-15(7-9-16-10-8-15)14(18)17-13-6-4-5-12(2)11-13/h4-6,11,16H,3,7-10H2,1-2H3,(H,17,18). The maximum Gasteiger partial charge on any atom is 0.230 e. The van der Waals surface area contributed by atoms with Gasteiger partial charge in [-0.05, 0) is 57.0 Å². The van der Waals surface area contributed by atoms with Crippen LogP contribution in [0.5, 0.6) is 0 Å². The van der Waals surface area contributed by atoms with Crippen molar-refractivity contribution in [1.82, 2.24) is 5.32 Å². The van der Waals surface area contributed by atoms with Crippen LogP contribution in [0.4, 0.5) is 5.69 Å². The molecule has 98 valence electrons. The Kier molecular flexibility index (Phi) is 4.02. The van der Waals surface area contributed by atoms with Gasteiger partial charge in [0.1, 0.15) is 0 Å². The first kappa shape index (κ1) is 13.1. The zero-order valence-corrected chi connectivity index (χ0v) is 11.3. The molecule has 1 aliphatic rings. The van der Waals surface area contributed by atoms with Crippen LogP contribution in [0.15, 0.2) is 24.3 Å². The van der Waals surface area contributed by atoms with E-state index in [0.29, 0.717) is 0 Å². The Bertz CT molecular complexity index is 422. The number of carbonyl (C=O) groups excluding carboxylic acids is 1. The summed E-state index contributed by atoms with van der Waals surface area (Å²) in [7, 11) is 0. The monoisotopic (exact) mass is 246 g/mol. The molecular weight excluding hydrogens is 224 g/mol. The highest BCUT2D eigenvalue weighted by atomic mass is 16.2. The fourth-order valence-corrected chi connectivity index (χ4v) is 2.63. The van der Waals surface area contributed by atoms with Crippen LogP contribution in [-0.4, -0.2) is 19.0 Å². The lowest BCUT2D eigenvalue weighted by molar-refractivity contribution is -0.127. The minimum atomic E-state index is -0.186. The van der Waals surface area contributed by atoms with Crippen molar-refractivity contribution in [3.05, 3.63) is 29.8 Å². The second kappa shape index (κ2) is 5.53. The van der Waals surface area contributed by atoms with Gasteiger partial charge in [0, 0.05) is 5.69 Å². The Balaban J connectivity index is 2.10. The Morgan fingerprint density at radius 3 is 2.72 bits per heavy atom. The van der Waals surface area contributed by atoms with Crippen LogP contribution in [0, 0.1) is 12.3 Å². The second-order valence-electron chi connectivity index (χ2n) is 5.21. The predicted octanol–water partition coefficient (Wildman–Crippen LogP) is 2.71. The fraction of sp³-hybridized carbons (Fsp3) is 0.533. The normalized spacial score (nSPS) is 18.3. The van der Waals surface area contributed by atoms with Gasteiger partial charge in [0.15, 0.2) is 0 Å². The summed E-state index contributed by atoms with van der Waals surface area (Å²) in [4.78, 5) is 12.5. The number of nitrogens with one attached hydrogen (secondary N) is 2.